The first-order valence-corrected chi connectivity index (χ1v) is 11.5. The van der Waals surface area contributed by atoms with Crippen molar-refractivity contribution in [3.63, 3.8) is 0 Å². The molecule has 0 saturated carbocycles. The Labute approximate surface area is 194 Å². The highest BCUT2D eigenvalue weighted by atomic mass is 19.1. The van der Waals surface area contributed by atoms with Crippen molar-refractivity contribution in [1.29, 1.82) is 0 Å². The number of piperazine rings is 1. The Balaban J connectivity index is 1.43. The minimum Gasteiger partial charge on any atom is -0.496 e. The Morgan fingerprint density at radius 2 is 1.73 bits per heavy atom. The number of amides is 2. The highest BCUT2D eigenvalue weighted by Crippen LogP contribution is 2.37. The van der Waals surface area contributed by atoms with Crippen LogP contribution in [-0.2, 0) is 4.79 Å². The van der Waals surface area contributed by atoms with Gasteiger partial charge in [-0.2, -0.15) is 0 Å². The number of para-hydroxylation sites is 1. The number of benzene rings is 2. The number of rotatable bonds is 4. The molecule has 2 amide bonds. The first-order chi connectivity index (χ1) is 15.8. The summed E-state index contributed by atoms with van der Waals surface area (Å²) in [6.07, 6.45) is 1.19. The molecule has 176 valence electrons. The lowest BCUT2D eigenvalue weighted by molar-refractivity contribution is -0.146. The molecule has 0 spiro atoms. The number of hydrogen-bond donors (Lipinski definition) is 0. The number of piperidine rings is 1. The molecule has 2 saturated heterocycles. The Kier molecular flexibility index (Phi) is 6.70. The molecule has 33 heavy (non-hydrogen) atoms. The van der Waals surface area contributed by atoms with Gasteiger partial charge in [-0.25, -0.2) is 4.39 Å². The molecule has 2 aromatic carbocycles. The molecule has 0 aromatic heterocycles. The smallest absolute Gasteiger partial charge is 0.253 e. The van der Waals surface area contributed by atoms with Crippen molar-refractivity contribution in [3.05, 3.63) is 65.5 Å². The molecule has 0 unspecified atom stereocenters. The van der Waals surface area contributed by atoms with Gasteiger partial charge in [-0.1, -0.05) is 31.2 Å². The average Bonchev–Trinajstić information content (AvgIpc) is 2.84. The van der Waals surface area contributed by atoms with E-state index < -0.39 is 11.2 Å². The Hall–Kier alpha value is -2.93. The summed E-state index contributed by atoms with van der Waals surface area (Å²) < 4.78 is 19.1. The maximum atomic E-state index is 13.6. The van der Waals surface area contributed by atoms with Crippen LogP contribution in [0.5, 0.6) is 5.75 Å². The van der Waals surface area contributed by atoms with Crippen LogP contribution in [0.4, 0.5) is 4.39 Å². The lowest BCUT2D eigenvalue weighted by atomic mass is 9.78. The summed E-state index contributed by atoms with van der Waals surface area (Å²) in [7, 11) is 3.75. The van der Waals surface area contributed by atoms with Gasteiger partial charge >= 0.3 is 0 Å². The largest absolute Gasteiger partial charge is 0.496 e. The van der Waals surface area contributed by atoms with Crippen molar-refractivity contribution in [1.82, 2.24) is 14.7 Å². The van der Waals surface area contributed by atoms with Crippen molar-refractivity contribution in [3.8, 4) is 5.75 Å². The number of likely N-dealkylation sites (N-methyl/N-ethyl adjacent to an activating group) is 1. The summed E-state index contributed by atoms with van der Waals surface area (Å²) in [5, 5.41) is 0. The lowest BCUT2D eigenvalue weighted by Gasteiger charge is -2.45. The maximum Gasteiger partial charge on any atom is 0.253 e. The number of halogens is 1. The predicted octanol–water partition coefficient (Wildman–Crippen LogP) is 3.59. The summed E-state index contributed by atoms with van der Waals surface area (Å²) in [4.78, 5) is 32.4. The highest BCUT2D eigenvalue weighted by molar-refractivity contribution is 5.94. The first-order valence-electron chi connectivity index (χ1n) is 11.5. The monoisotopic (exact) mass is 453 g/mol. The number of carbonyl (C=O) groups is 2. The average molecular weight is 454 g/mol. The number of ether oxygens (including phenoxy) is 1. The minimum absolute atomic E-state index is 0.0668. The second-order valence-corrected chi connectivity index (χ2v) is 9.35. The van der Waals surface area contributed by atoms with Gasteiger partial charge in [-0.05, 0) is 44.2 Å². The Bertz CT molecular complexity index is 1020. The van der Waals surface area contributed by atoms with Gasteiger partial charge in [0.25, 0.3) is 5.91 Å². The van der Waals surface area contributed by atoms with Gasteiger partial charge in [-0.15, -0.1) is 0 Å². The molecule has 0 N–H and O–H groups in total. The van der Waals surface area contributed by atoms with Crippen molar-refractivity contribution >= 4 is 11.8 Å². The molecule has 2 heterocycles. The zero-order valence-electron chi connectivity index (χ0n) is 19.6. The third-order valence-corrected chi connectivity index (χ3v) is 7.18. The van der Waals surface area contributed by atoms with Crippen molar-refractivity contribution in [2.75, 3.05) is 46.9 Å². The van der Waals surface area contributed by atoms with Crippen molar-refractivity contribution in [2.24, 2.45) is 5.41 Å². The molecule has 0 bridgehead atoms. The van der Waals surface area contributed by atoms with E-state index in [1.54, 1.807) is 24.1 Å². The van der Waals surface area contributed by atoms with Gasteiger partial charge < -0.3 is 14.5 Å². The SMILES string of the molecule is COc1ccccc1[C@H]1CN(C(=O)C2(C)CCN(C(=O)c3cccc(F)c3)CC2)CCN1C. The summed E-state index contributed by atoms with van der Waals surface area (Å²) >= 11 is 0. The van der Waals surface area contributed by atoms with Crippen LogP contribution in [0, 0.1) is 11.2 Å². The van der Waals surface area contributed by atoms with Gasteiger partial charge in [-0.3, -0.25) is 14.5 Å². The van der Waals surface area contributed by atoms with E-state index in [0.717, 1.165) is 17.9 Å². The van der Waals surface area contributed by atoms with Crippen LogP contribution >= 0.6 is 0 Å². The second kappa shape index (κ2) is 9.51. The summed E-state index contributed by atoms with van der Waals surface area (Å²) in [6.45, 7) is 5.06. The minimum atomic E-state index is -0.514. The number of hydrogen-bond acceptors (Lipinski definition) is 4. The van der Waals surface area contributed by atoms with E-state index >= 15 is 0 Å². The van der Waals surface area contributed by atoms with E-state index in [0.29, 0.717) is 44.6 Å². The second-order valence-electron chi connectivity index (χ2n) is 9.35. The number of methoxy groups -OCH3 is 1. The van der Waals surface area contributed by atoms with E-state index in [2.05, 4.69) is 18.0 Å². The summed E-state index contributed by atoms with van der Waals surface area (Å²) in [5.74, 6) is 0.379. The molecule has 7 heteroatoms. The molecule has 1 atom stereocenters. The van der Waals surface area contributed by atoms with Crippen LogP contribution < -0.4 is 4.74 Å². The zero-order chi connectivity index (χ0) is 23.6. The standard InChI is InChI=1S/C26H32FN3O3/c1-26(11-13-29(14-12-26)24(31)19-7-6-8-20(27)17-19)25(32)30-16-15-28(2)22(18-30)21-9-4-5-10-23(21)33-3/h4-10,17,22H,11-16,18H2,1-3H3/t22-/m1/s1. The van der Waals surface area contributed by atoms with Crippen LogP contribution in [0.2, 0.25) is 0 Å². The van der Waals surface area contributed by atoms with Crippen molar-refractivity contribution < 1.29 is 18.7 Å². The summed E-state index contributed by atoms with van der Waals surface area (Å²) in [5.41, 5.74) is 0.921. The van der Waals surface area contributed by atoms with Crippen LogP contribution in [0.25, 0.3) is 0 Å². The maximum absolute atomic E-state index is 13.6. The van der Waals surface area contributed by atoms with Crippen LogP contribution in [-0.4, -0.2) is 73.4 Å². The molecular weight excluding hydrogens is 421 g/mol. The molecule has 2 aliphatic rings. The zero-order valence-corrected chi connectivity index (χ0v) is 19.6. The third-order valence-electron chi connectivity index (χ3n) is 7.18. The van der Waals surface area contributed by atoms with Gasteiger partial charge in [0.2, 0.25) is 5.91 Å². The van der Waals surface area contributed by atoms with E-state index in [-0.39, 0.29) is 17.9 Å². The fourth-order valence-corrected chi connectivity index (χ4v) is 4.94. The van der Waals surface area contributed by atoms with E-state index in [9.17, 15) is 14.0 Å². The predicted molar refractivity (Wildman–Crippen MR) is 125 cm³/mol. The number of nitrogens with zero attached hydrogens (tertiary/aromatic N) is 3. The van der Waals surface area contributed by atoms with Crippen LogP contribution in [0.3, 0.4) is 0 Å². The van der Waals surface area contributed by atoms with E-state index in [1.165, 1.54) is 12.1 Å². The Morgan fingerprint density at radius 3 is 2.42 bits per heavy atom. The normalized spacial score (nSPS) is 21.0. The third kappa shape index (κ3) is 4.74. The van der Waals surface area contributed by atoms with E-state index in [4.69, 9.17) is 4.74 Å². The van der Waals surface area contributed by atoms with Crippen LogP contribution in [0.15, 0.2) is 48.5 Å². The molecular formula is C26H32FN3O3. The molecule has 0 radical (unpaired) electrons. The quantitative estimate of drug-likeness (QED) is 0.710. The number of carbonyl (C=O) groups excluding carboxylic acids is 2. The fraction of sp³-hybridized carbons (Fsp3) is 0.462. The molecule has 2 aromatic rings. The molecule has 6 nitrogen and oxygen atoms in total. The first kappa shape index (κ1) is 23.2. The van der Waals surface area contributed by atoms with Crippen LogP contribution in [0.1, 0.15) is 41.7 Å². The topological polar surface area (TPSA) is 53.1 Å². The lowest BCUT2D eigenvalue weighted by Crippen LogP contribution is -2.55. The molecule has 4 rings (SSSR count). The summed E-state index contributed by atoms with van der Waals surface area (Å²) in [6, 6.07) is 13.8. The van der Waals surface area contributed by atoms with Gasteiger partial charge in [0, 0.05) is 49.3 Å². The van der Waals surface area contributed by atoms with Gasteiger partial charge in [0.05, 0.1) is 13.2 Å². The number of likely N-dealkylation sites (tertiary alicyclic amines) is 1. The Morgan fingerprint density at radius 1 is 1.00 bits per heavy atom. The van der Waals surface area contributed by atoms with Crippen molar-refractivity contribution in [2.45, 2.75) is 25.8 Å². The fourth-order valence-electron chi connectivity index (χ4n) is 4.94. The van der Waals surface area contributed by atoms with Gasteiger partial charge in [0.15, 0.2) is 0 Å². The molecule has 0 aliphatic carbocycles. The molecule has 2 fully saturated rings. The van der Waals surface area contributed by atoms with E-state index in [1.807, 2.05) is 30.0 Å². The highest BCUT2D eigenvalue weighted by Gasteiger charge is 2.42. The van der Waals surface area contributed by atoms with Gasteiger partial charge in [0.1, 0.15) is 11.6 Å². The molecule has 2 aliphatic heterocycles.